The highest BCUT2D eigenvalue weighted by atomic mass is 32.2. The number of aromatic nitrogens is 1. The fraction of sp³-hybridized carbons (Fsp3) is 0.263. The van der Waals surface area contributed by atoms with Gasteiger partial charge in [-0.25, -0.2) is 8.42 Å². The van der Waals surface area contributed by atoms with Crippen LogP contribution in [0.5, 0.6) is 0 Å². The maximum Gasteiger partial charge on any atom is 0.423 e. The third-order valence-electron chi connectivity index (χ3n) is 4.55. The number of aromatic amines is 1. The molecule has 3 rings (SSSR count). The Hall–Kier alpha value is -2.92. The van der Waals surface area contributed by atoms with Crippen LogP contribution in [0.1, 0.15) is 23.7 Å². The van der Waals surface area contributed by atoms with Crippen molar-refractivity contribution in [3.63, 3.8) is 0 Å². The van der Waals surface area contributed by atoms with Crippen LogP contribution in [0, 0.1) is 10.1 Å². The number of nitrogens with one attached hydrogen (secondary N) is 1. The second-order valence-corrected chi connectivity index (χ2v) is 9.25. The third-order valence-corrected chi connectivity index (χ3v) is 6.32. The van der Waals surface area contributed by atoms with Crippen LogP contribution in [0.15, 0.2) is 48.5 Å². The summed E-state index contributed by atoms with van der Waals surface area (Å²) in [7, 11) is -3.79. The number of benzene rings is 2. The molecule has 1 atom stereocenters. The summed E-state index contributed by atoms with van der Waals surface area (Å²) in [5.74, 6) is -1.02. The van der Waals surface area contributed by atoms with Crippen molar-refractivity contribution in [1.29, 1.82) is 0 Å². The summed E-state index contributed by atoms with van der Waals surface area (Å²) < 4.78 is 64.5. The van der Waals surface area contributed by atoms with E-state index in [0.29, 0.717) is 11.6 Å². The lowest BCUT2D eigenvalue weighted by molar-refractivity contribution is -0.387. The summed E-state index contributed by atoms with van der Waals surface area (Å²) in [6, 6.07) is 10.8. The van der Waals surface area contributed by atoms with Crippen LogP contribution in [-0.2, 0) is 27.4 Å². The molecule has 0 saturated heterocycles. The van der Waals surface area contributed by atoms with Gasteiger partial charge < -0.3 is 10.1 Å². The molecule has 0 aliphatic rings. The number of nitro benzene ring substituents is 1. The van der Waals surface area contributed by atoms with Crippen molar-refractivity contribution in [3.8, 4) is 0 Å². The van der Waals surface area contributed by atoms with Gasteiger partial charge in [-0.2, -0.15) is 13.2 Å². The molecule has 2 aromatic carbocycles. The van der Waals surface area contributed by atoms with Crippen LogP contribution in [0.25, 0.3) is 10.9 Å². The Morgan fingerprint density at radius 3 is 2.33 bits per heavy atom. The van der Waals surface area contributed by atoms with Crippen molar-refractivity contribution in [1.82, 2.24) is 4.98 Å². The van der Waals surface area contributed by atoms with Gasteiger partial charge in [0.05, 0.1) is 16.4 Å². The van der Waals surface area contributed by atoms with E-state index in [9.17, 15) is 36.8 Å². The van der Waals surface area contributed by atoms with Crippen molar-refractivity contribution in [2.45, 2.75) is 24.5 Å². The lowest BCUT2D eigenvalue weighted by atomic mass is 10.1. The standard InChI is InChI=1S/C19H17F3N2O5S/c1-18(25,11-30(28,29)10-12-5-3-2-4-6-12)17-8-13-7-16(24(26)27)14(19(20,21)22)9-15(13)23-17/h2-9,23,25H,10-11H2,1H3. The van der Waals surface area contributed by atoms with Crippen molar-refractivity contribution < 1.29 is 31.6 Å². The number of halogens is 3. The first kappa shape index (κ1) is 21.8. The Morgan fingerprint density at radius 1 is 1.13 bits per heavy atom. The topological polar surface area (TPSA) is 113 Å². The molecule has 0 radical (unpaired) electrons. The van der Waals surface area contributed by atoms with Crippen molar-refractivity contribution in [2.24, 2.45) is 0 Å². The molecule has 0 fully saturated rings. The summed E-state index contributed by atoms with van der Waals surface area (Å²) in [6.07, 6.45) is -4.95. The number of sulfone groups is 1. The zero-order valence-electron chi connectivity index (χ0n) is 15.6. The summed E-state index contributed by atoms with van der Waals surface area (Å²) in [5, 5.41) is 21.8. The van der Waals surface area contributed by atoms with E-state index in [1.165, 1.54) is 13.0 Å². The van der Waals surface area contributed by atoms with Gasteiger partial charge in [-0.05, 0) is 24.6 Å². The van der Waals surface area contributed by atoms with Gasteiger partial charge in [0.15, 0.2) is 9.84 Å². The number of rotatable bonds is 6. The number of hydrogen-bond acceptors (Lipinski definition) is 5. The molecule has 7 nitrogen and oxygen atoms in total. The maximum absolute atomic E-state index is 13.2. The zero-order valence-corrected chi connectivity index (χ0v) is 16.4. The average Bonchev–Trinajstić information content (AvgIpc) is 3.03. The molecule has 11 heteroatoms. The predicted molar refractivity (Wildman–Crippen MR) is 103 cm³/mol. The molecule has 2 N–H and O–H groups in total. The summed E-state index contributed by atoms with van der Waals surface area (Å²) in [5.41, 5.74) is -4.18. The van der Waals surface area contributed by atoms with E-state index < -0.39 is 43.5 Å². The second kappa shape index (κ2) is 7.40. The van der Waals surface area contributed by atoms with Crippen LogP contribution >= 0.6 is 0 Å². The van der Waals surface area contributed by atoms with Gasteiger partial charge in [-0.3, -0.25) is 10.1 Å². The van der Waals surface area contributed by atoms with Crippen molar-refractivity contribution in [3.05, 3.63) is 75.5 Å². The molecular formula is C19H17F3N2O5S. The van der Waals surface area contributed by atoms with Gasteiger partial charge in [0, 0.05) is 22.7 Å². The summed E-state index contributed by atoms with van der Waals surface area (Å²) in [4.78, 5) is 12.5. The molecular weight excluding hydrogens is 425 g/mol. The molecule has 160 valence electrons. The number of fused-ring (bicyclic) bond motifs is 1. The Kier molecular flexibility index (Phi) is 5.37. The molecule has 0 spiro atoms. The molecule has 3 aromatic rings. The first-order valence-corrected chi connectivity index (χ1v) is 10.5. The van der Waals surface area contributed by atoms with Gasteiger partial charge in [-0.15, -0.1) is 0 Å². The molecule has 0 aliphatic heterocycles. The fourth-order valence-corrected chi connectivity index (χ4v) is 5.04. The van der Waals surface area contributed by atoms with Crippen LogP contribution in [0.2, 0.25) is 0 Å². The Labute approximate surface area is 169 Å². The van der Waals surface area contributed by atoms with Crippen LogP contribution in [-0.4, -0.2) is 29.2 Å². The number of alkyl halides is 3. The Bertz CT molecular complexity index is 1200. The minimum atomic E-state index is -4.95. The lowest BCUT2D eigenvalue weighted by Gasteiger charge is -2.22. The Morgan fingerprint density at radius 2 is 1.77 bits per heavy atom. The van der Waals surface area contributed by atoms with E-state index >= 15 is 0 Å². The van der Waals surface area contributed by atoms with Gasteiger partial charge in [0.2, 0.25) is 0 Å². The number of hydrogen-bond donors (Lipinski definition) is 2. The first-order valence-electron chi connectivity index (χ1n) is 8.64. The van der Waals surface area contributed by atoms with E-state index in [-0.39, 0.29) is 22.3 Å². The maximum atomic E-state index is 13.2. The molecule has 1 unspecified atom stereocenters. The summed E-state index contributed by atoms with van der Waals surface area (Å²) >= 11 is 0. The van der Waals surface area contributed by atoms with E-state index in [1.807, 2.05) is 0 Å². The second-order valence-electron chi connectivity index (χ2n) is 7.19. The van der Waals surface area contributed by atoms with E-state index in [0.717, 1.165) is 6.07 Å². The average molecular weight is 442 g/mol. The van der Waals surface area contributed by atoms with Gasteiger partial charge in [0.1, 0.15) is 11.2 Å². The highest BCUT2D eigenvalue weighted by Gasteiger charge is 2.39. The van der Waals surface area contributed by atoms with Crippen LogP contribution in [0.3, 0.4) is 0 Å². The largest absolute Gasteiger partial charge is 0.423 e. The lowest BCUT2D eigenvalue weighted by Crippen LogP contribution is -2.32. The monoisotopic (exact) mass is 442 g/mol. The number of aliphatic hydroxyl groups is 1. The smallest absolute Gasteiger partial charge is 0.383 e. The van der Waals surface area contributed by atoms with Crippen molar-refractivity contribution >= 4 is 26.4 Å². The van der Waals surface area contributed by atoms with Crippen LogP contribution < -0.4 is 0 Å². The SMILES string of the molecule is CC(O)(CS(=O)(=O)Cc1ccccc1)c1cc2cc([N+](=O)[O-])c(C(F)(F)F)cc2[nH]1. The van der Waals surface area contributed by atoms with Gasteiger partial charge in [0.25, 0.3) is 5.69 Å². The Balaban J connectivity index is 1.98. The van der Waals surface area contributed by atoms with Gasteiger partial charge >= 0.3 is 6.18 Å². The molecule has 30 heavy (non-hydrogen) atoms. The van der Waals surface area contributed by atoms with Gasteiger partial charge in [-0.1, -0.05) is 30.3 Å². The van der Waals surface area contributed by atoms with Crippen LogP contribution in [0.4, 0.5) is 18.9 Å². The van der Waals surface area contributed by atoms with Crippen molar-refractivity contribution in [2.75, 3.05) is 5.75 Å². The highest BCUT2D eigenvalue weighted by Crippen LogP contribution is 2.39. The van der Waals surface area contributed by atoms with E-state index in [2.05, 4.69) is 4.98 Å². The van der Waals surface area contributed by atoms with E-state index in [1.54, 1.807) is 30.3 Å². The predicted octanol–water partition coefficient (Wildman–Crippen LogP) is 3.92. The number of H-pyrrole nitrogens is 1. The molecule has 0 bridgehead atoms. The minimum absolute atomic E-state index is 0.0467. The van der Waals surface area contributed by atoms with E-state index in [4.69, 9.17) is 0 Å². The third kappa shape index (κ3) is 4.62. The fourth-order valence-electron chi connectivity index (χ4n) is 3.22. The molecule has 0 amide bonds. The number of nitro groups is 1. The molecule has 1 aromatic heterocycles. The normalized spacial score (nSPS) is 14.6. The zero-order chi connectivity index (χ0) is 22.3. The summed E-state index contributed by atoms with van der Waals surface area (Å²) in [6.45, 7) is 1.21. The first-order chi connectivity index (χ1) is 13.8. The quantitative estimate of drug-likeness (QED) is 0.444. The molecule has 0 aliphatic carbocycles. The minimum Gasteiger partial charge on any atom is -0.383 e. The molecule has 1 heterocycles. The number of nitrogens with zero attached hydrogens (tertiary/aromatic N) is 1. The molecule has 0 saturated carbocycles. The highest BCUT2D eigenvalue weighted by molar-refractivity contribution is 7.90.